The number of benzene rings is 2. The Labute approximate surface area is 145 Å². The lowest BCUT2D eigenvalue weighted by Crippen LogP contribution is -2.37. The van der Waals surface area contributed by atoms with E-state index in [1.165, 1.54) is 0 Å². The van der Waals surface area contributed by atoms with Crippen LogP contribution in [0.4, 0.5) is 0 Å². The molecule has 0 unspecified atom stereocenters. The number of hydrogen-bond donors (Lipinski definition) is 3. The maximum absolute atomic E-state index is 11.9. The summed E-state index contributed by atoms with van der Waals surface area (Å²) < 4.78 is 0. The van der Waals surface area contributed by atoms with Crippen LogP contribution in [0, 0.1) is 6.92 Å². The molecule has 126 valence electrons. The first-order chi connectivity index (χ1) is 11.5. The van der Waals surface area contributed by atoms with Gasteiger partial charge in [-0.1, -0.05) is 47.5 Å². The Hall–Kier alpha value is -2.37. The second kappa shape index (κ2) is 8.47. The fourth-order valence-corrected chi connectivity index (χ4v) is 2.34. The second-order valence-corrected chi connectivity index (χ2v) is 5.74. The summed E-state index contributed by atoms with van der Waals surface area (Å²) in [4.78, 5) is 23.8. The molecule has 0 aliphatic carbocycles. The topological polar surface area (TPSA) is 78.4 Å². The highest BCUT2D eigenvalue weighted by atomic mass is 35.5. The van der Waals surface area contributed by atoms with E-state index in [1.54, 1.807) is 36.4 Å². The van der Waals surface area contributed by atoms with Gasteiger partial charge in [0, 0.05) is 29.2 Å². The van der Waals surface area contributed by atoms with Gasteiger partial charge in [0.2, 0.25) is 0 Å². The van der Waals surface area contributed by atoms with Gasteiger partial charge in [0.15, 0.2) is 6.10 Å². The van der Waals surface area contributed by atoms with Crippen LogP contribution < -0.4 is 10.6 Å². The summed E-state index contributed by atoms with van der Waals surface area (Å²) >= 11 is 5.95. The first-order valence-corrected chi connectivity index (χ1v) is 7.92. The minimum Gasteiger partial charge on any atom is -0.378 e. The molecule has 6 heteroatoms. The van der Waals surface area contributed by atoms with Gasteiger partial charge in [0.25, 0.3) is 11.8 Å². The van der Waals surface area contributed by atoms with Gasteiger partial charge in [0.05, 0.1) is 0 Å². The van der Waals surface area contributed by atoms with Gasteiger partial charge in [-0.3, -0.25) is 9.59 Å². The summed E-state index contributed by atoms with van der Waals surface area (Å²) in [5.41, 5.74) is 1.98. The van der Waals surface area contributed by atoms with Crippen molar-refractivity contribution in [3.05, 3.63) is 70.2 Å². The van der Waals surface area contributed by atoms with Crippen molar-refractivity contribution in [2.24, 2.45) is 0 Å². The molecule has 5 nitrogen and oxygen atoms in total. The third-order valence-corrected chi connectivity index (χ3v) is 3.82. The molecule has 1 atom stereocenters. The maximum Gasteiger partial charge on any atom is 0.253 e. The maximum atomic E-state index is 11.9. The number of aliphatic hydroxyl groups is 1. The SMILES string of the molecule is Cc1ccc(C(=O)NCCNC(=O)[C@H](O)c2ccccc2Cl)cc1. The molecule has 2 aromatic rings. The van der Waals surface area contributed by atoms with Crippen LogP contribution in [0.5, 0.6) is 0 Å². The zero-order chi connectivity index (χ0) is 17.5. The molecule has 2 aromatic carbocycles. The number of carbonyl (C=O) groups is 2. The van der Waals surface area contributed by atoms with Crippen molar-refractivity contribution in [3.8, 4) is 0 Å². The number of aryl methyl sites for hydroxylation is 1. The number of halogens is 1. The van der Waals surface area contributed by atoms with Crippen molar-refractivity contribution < 1.29 is 14.7 Å². The summed E-state index contributed by atoms with van der Waals surface area (Å²) in [6.07, 6.45) is -1.34. The molecule has 0 saturated heterocycles. The van der Waals surface area contributed by atoms with Gasteiger partial charge in [0.1, 0.15) is 0 Å². The average Bonchev–Trinajstić information content (AvgIpc) is 2.58. The Morgan fingerprint density at radius 1 is 1.04 bits per heavy atom. The zero-order valence-corrected chi connectivity index (χ0v) is 14.0. The van der Waals surface area contributed by atoms with Gasteiger partial charge in [-0.05, 0) is 25.1 Å². The first-order valence-electron chi connectivity index (χ1n) is 7.54. The molecule has 0 aromatic heterocycles. The van der Waals surface area contributed by atoms with E-state index < -0.39 is 12.0 Å². The molecular formula is C18H19ClN2O3. The van der Waals surface area contributed by atoms with Crippen molar-refractivity contribution in [2.45, 2.75) is 13.0 Å². The molecule has 0 fully saturated rings. The molecule has 0 aliphatic rings. The van der Waals surface area contributed by atoms with Crippen molar-refractivity contribution in [3.63, 3.8) is 0 Å². The molecule has 0 saturated carbocycles. The summed E-state index contributed by atoms with van der Waals surface area (Å²) in [7, 11) is 0. The number of nitrogens with one attached hydrogen (secondary N) is 2. The number of hydrogen-bond acceptors (Lipinski definition) is 3. The third-order valence-electron chi connectivity index (χ3n) is 3.47. The number of aliphatic hydroxyl groups excluding tert-OH is 1. The molecule has 2 amide bonds. The monoisotopic (exact) mass is 346 g/mol. The van der Waals surface area contributed by atoms with Crippen LogP contribution in [0.25, 0.3) is 0 Å². The highest BCUT2D eigenvalue weighted by Crippen LogP contribution is 2.22. The van der Waals surface area contributed by atoms with Crippen molar-refractivity contribution in [1.29, 1.82) is 0 Å². The Balaban J connectivity index is 1.77. The summed E-state index contributed by atoms with van der Waals surface area (Å²) in [5.74, 6) is -0.774. The minimum atomic E-state index is -1.34. The molecule has 0 spiro atoms. The van der Waals surface area contributed by atoms with E-state index in [4.69, 9.17) is 11.6 Å². The second-order valence-electron chi connectivity index (χ2n) is 5.34. The predicted octanol–water partition coefficient (Wildman–Crippen LogP) is 2.23. The van der Waals surface area contributed by atoms with Crippen molar-refractivity contribution >= 4 is 23.4 Å². The van der Waals surface area contributed by atoms with Gasteiger partial charge in [-0.25, -0.2) is 0 Å². The van der Waals surface area contributed by atoms with Gasteiger partial charge in [-0.2, -0.15) is 0 Å². The van der Waals surface area contributed by atoms with E-state index in [0.29, 0.717) is 16.1 Å². The van der Waals surface area contributed by atoms with E-state index >= 15 is 0 Å². The fourth-order valence-electron chi connectivity index (χ4n) is 2.10. The summed E-state index contributed by atoms with van der Waals surface area (Å²) in [6.45, 7) is 2.41. The van der Waals surface area contributed by atoms with Crippen LogP contribution in [0.3, 0.4) is 0 Å². The molecule has 0 bridgehead atoms. The zero-order valence-electron chi connectivity index (χ0n) is 13.3. The number of carbonyl (C=O) groups excluding carboxylic acids is 2. The van der Waals surface area contributed by atoms with Crippen molar-refractivity contribution in [2.75, 3.05) is 13.1 Å². The number of amides is 2. The Morgan fingerprint density at radius 3 is 2.33 bits per heavy atom. The standard InChI is InChI=1S/C18H19ClN2O3/c1-12-6-8-13(9-7-12)17(23)20-10-11-21-18(24)16(22)14-4-2-3-5-15(14)19/h2-9,16,22H,10-11H2,1H3,(H,20,23)(H,21,24)/t16-/m1/s1. The third kappa shape index (κ3) is 4.81. The van der Waals surface area contributed by atoms with Crippen LogP contribution >= 0.6 is 11.6 Å². The molecule has 0 aliphatic heterocycles. The van der Waals surface area contributed by atoms with Crippen molar-refractivity contribution in [1.82, 2.24) is 10.6 Å². The average molecular weight is 347 g/mol. The molecule has 3 N–H and O–H groups in total. The largest absolute Gasteiger partial charge is 0.378 e. The van der Waals surface area contributed by atoms with E-state index in [0.717, 1.165) is 5.56 Å². The molecule has 24 heavy (non-hydrogen) atoms. The van der Waals surface area contributed by atoms with E-state index in [-0.39, 0.29) is 19.0 Å². The summed E-state index contributed by atoms with van der Waals surface area (Å²) in [5, 5.41) is 15.6. The molecular weight excluding hydrogens is 328 g/mol. The molecule has 0 heterocycles. The summed E-state index contributed by atoms with van der Waals surface area (Å²) in [6, 6.07) is 13.8. The van der Waals surface area contributed by atoms with Crippen LogP contribution in [-0.4, -0.2) is 30.0 Å². The molecule has 2 rings (SSSR count). The minimum absolute atomic E-state index is 0.206. The normalized spacial score (nSPS) is 11.6. The molecule has 0 radical (unpaired) electrons. The Bertz CT molecular complexity index is 716. The first kappa shape index (κ1) is 18.0. The fraction of sp³-hybridized carbons (Fsp3) is 0.222. The van der Waals surface area contributed by atoms with Crippen LogP contribution in [-0.2, 0) is 4.79 Å². The van der Waals surface area contributed by atoms with Crippen LogP contribution in [0.2, 0.25) is 5.02 Å². The van der Waals surface area contributed by atoms with Gasteiger partial charge < -0.3 is 15.7 Å². The van der Waals surface area contributed by atoms with Gasteiger partial charge in [-0.15, -0.1) is 0 Å². The van der Waals surface area contributed by atoms with E-state index in [9.17, 15) is 14.7 Å². The lowest BCUT2D eigenvalue weighted by molar-refractivity contribution is -0.129. The lowest BCUT2D eigenvalue weighted by atomic mass is 10.1. The quantitative estimate of drug-likeness (QED) is 0.702. The smallest absolute Gasteiger partial charge is 0.253 e. The highest BCUT2D eigenvalue weighted by Gasteiger charge is 2.19. The predicted molar refractivity (Wildman–Crippen MR) is 92.9 cm³/mol. The highest BCUT2D eigenvalue weighted by molar-refractivity contribution is 6.31. The lowest BCUT2D eigenvalue weighted by Gasteiger charge is -2.13. The van der Waals surface area contributed by atoms with Crippen LogP contribution in [0.1, 0.15) is 27.6 Å². The van der Waals surface area contributed by atoms with Gasteiger partial charge >= 0.3 is 0 Å². The van der Waals surface area contributed by atoms with Crippen LogP contribution in [0.15, 0.2) is 48.5 Å². The Kier molecular flexibility index (Phi) is 6.35. The van der Waals surface area contributed by atoms with E-state index in [1.807, 2.05) is 19.1 Å². The Morgan fingerprint density at radius 2 is 1.67 bits per heavy atom. The number of rotatable bonds is 6. The van der Waals surface area contributed by atoms with E-state index in [2.05, 4.69) is 10.6 Å².